The van der Waals surface area contributed by atoms with Crippen molar-refractivity contribution in [3.63, 3.8) is 0 Å². The first-order chi connectivity index (χ1) is 13.2. The number of ether oxygens (including phenoxy) is 3. The SMILES string of the molecule is COc1cccc(N2CCN(C(=O)C3Oc4ccccc4OC3C)CC2)c1. The minimum Gasteiger partial charge on any atom is -0.497 e. The number of hydrogen-bond donors (Lipinski definition) is 0. The second kappa shape index (κ2) is 7.39. The fourth-order valence-electron chi connectivity index (χ4n) is 3.56. The van der Waals surface area contributed by atoms with Crippen LogP contribution in [0.15, 0.2) is 48.5 Å². The number of para-hydroxylation sites is 2. The van der Waals surface area contributed by atoms with Gasteiger partial charge in [0, 0.05) is 37.9 Å². The summed E-state index contributed by atoms with van der Waals surface area (Å²) >= 11 is 0. The highest BCUT2D eigenvalue weighted by molar-refractivity contribution is 5.82. The quantitative estimate of drug-likeness (QED) is 0.834. The zero-order valence-corrected chi connectivity index (χ0v) is 15.6. The van der Waals surface area contributed by atoms with Crippen molar-refractivity contribution < 1.29 is 19.0 Å². The minimum absolute atomic E-state index is 0.0118. The molecule has 2 aromatic carbocycles. The standard InChI is InChI=1S/C21H24N2O4/c1-15-20(27-19-9-4-3-8-18(19)26-15)21(24)23-12-10-22(11-13-23)16-6-5-7-17(14-16)25-2/h3-9,14-15,20H,10-13H2,1-2H3. The van der Waals surface area contributed by atoms with Crippen molar-refractivity contribution in [2.24, 2.45) is 0 Å². The molecule has 2 aliphatic heterocycles. The van der Waals surface area contributed by atoms with Crippen molar-refractivity contribution in [3.05, 3.63) is 48.5 Å². The summed E-state index contributed by atoms with van der Waals surface area (Å²) in [4.78, 5) is 17.1. The lowest BCUT2D eigenvalue weighted by Gasteiger charge is -2.39. The van der Waals surface area contributed by atoms with E-state index < -0.39 is 6.10 Å². The normalized spacial score (nSPS) is 21.7. The molecular formula is C21H24N2O4. The Kier molecular flexibility index (Phi) is 4.79. The Hall–Kier alpha value is -2.89. The number of amides is 1. The van der Waals surface area contributed by atoms with Gasteiger partial charge in [0.1, 0.15) is 11.9 Å². The van der Waals surface area contributed by atoms with Gasteiger partial charge in [-0.25, -0.2) is 0 Å². The molecule has 2 atom stereocenters. The number of anilines is 1. The highest BCUT2D eigenvalue weighted by Crippen LogP contribution is 2.34. The van der Waals surface area contributed by atoms with Gasteiger partial charge in [0.15, 0.2) is 11.5 Å². The molecule has 4 rings (SSSR count). The van der Waals surface area contributed by atoms with E-state index in [1.165, 1.54) is 0 Å². The molecule has 1 amide bonds. The number of fused-ring (bicyclic) bond motifs is 1. The van der Waals surface area contributed by atoms with E-state index in [4.69, 9.17) is 14.2 Å². The van der Waals surface area contributed by atoms with Gasteiger partial charge in [0.25, 0.3) is 5.91 Å². The highest BCUT2D eigenvalue weighted by Gasteiger charge is 2.37. The van der Waals surface area contributed by atoms with Crippen LogP contribution >= 0.6 is 0 Å². The Bertz CT molecular complexity index is 817. The van der Waals surface area contributed by atoms with Crippen molar-refractivity contribution in [2.45, 2.75) is 19.1 Å². The molecule has 0 spiro atoms. The average Bonchev–Trinajstić information content (AvgIpc) is 2.73. The van der Waals surface area contributed by atoms with Gasteiger partial charge < -0.3 is 24.0 Å². The second-order valence-electron chi connectivity index (χ2n) is 6.82. The molecule has 1 saturated heterocycles. The van der Waals surface area contributed by atoms with E-state index >= 15 is 0 Å². The fourth-order valence-corrected chi connectivity index (χ4v) is 3.56. The van der Waals surface area contributed by atoms with E-state index in [9.17, 15) is 4.79 Å². The van der Waals surface area contributed by atoms with Crippen LogP contribution in [0.3, 0.4) is 0 Å². The fraction of sp³-hybridized carbons (Fsp3) is 0.381. The molecule has 27 heavy (non-hydrogen) atoms. The average molecular weight is 368 g/mol. The van der Waals surface area contributed by atoms with Crippen LogP contribution in [0.2, 0.25) is 0 Å². The van der Waals surface area contributed by atoms with Gasteiger partial charge in [-0.15, -0.1) is 0 Å². The lowest BCUT2D eigenvalue weighted by molar-refractivity contribution is -0.144. The summed E-state index contributed by atoms with van der Waals surface area (Å²) in [5.74, 6) is 2.15. The third kappa shape index (κ3) is 3.52. The summed E-state index contributed by atoms with van der Waals surface area (Å²) in [6.07, 6.45) is -0.924. The largest absolute Gasteiger partial charge is 0.497 e. The molecule has 0 aromatic heterocycles. The summed E-state index contributed by atoms with van der Waals surface area (Å²) in [6.45, 7) is 4.74. The first-order valence-electron chi connectivity index (χ1n) is 9.26. The number of nitrogens with zero attached hydrogens (tertiary/aromatic N) is 2. The van der Waals surface area contributed by atoms with Gasteiger partial charge in [0.05, 0.1) is 7.11 Å². The number of hydrogen-bond acceptors (Lipinski definition) is 5. The van der Waals surface area contributed by atoms with E-state index in [2.05, 4.69) is 11.0 Å². The maximum absolute atomic E-state index is 13.0. The van der Waals surface area contributed by atoms with Crippen LogP contribution in [0.1, 0.15) is 6.92 Å². The third-order valence-corrected chi connectivity index (χ3v) is 5.10. The molecule has 2 heterocycles. The van der Waals surface area contributed by atoms with E-state index in [1.54, 1.807) is 7.11 Å². The summed E-state index contributed by atoms with van der Waals surface area (Å²) < 4.78 is 17.1. The molecule has 0 aliphatic carbocycles. The van der Waals surface area contributed by atoms with E-state index in [-0.39, 0.29) is 12.0 Å². The molecule has 1 fully saturated rings. The van der Waals surface area contributed by atoms with Crippen LogP contribution in [0.25, 0.3) is 0 Å². The highest BCUT2D eigenvalue weighted by atomic mass is 16.6. The summed E-state index contributed by atoms with van der Waals surface area (Å²) in [7, 11) is 1.67. The molecule has 142 valence electrons. The predicted molar refractivity (Wildman–Crippen MR) is 103 cm³/mol. The Morgan fingerprint density at radius 3 is 2.41 bits per heavy atom. The van der Waals surface area contributed by atoms with Crippen LogP contribution in [-0.2, 0) is 4.79 Å². The smallest absolute Gasteiger partial charge is 0.267 e. The predicted octanol–water partition coefficient (Wildman–Crippen LogP) is 2.57. The van der Waals surface area contributed by atoms with Crippen LogP contribution in [-0.4, -0.2) is 56.3 Å². The number of carbonyl (C=O) groups is 1. The first kappa shape index (κ1) is 17.5. The maximum atomic E-state index is 13.0. The van der Waals surface area contributed by atoms with Crippen LogP contribution in [0.5, 0.6) is 17.2 Å². The van der Waals surface area contributed by atoms with Gasteiger partial charge >= 0.3 is 0 Å². The van der Waals surface area contributed by atoms with Crippen molar-refractivity contribution in [1.82, 2.24) is 4.90 Å². The van der Waals surface area contributed by atoms with Crippen molar-refractivity contribution >= 4 is 11.6 Å². The number of piperazine rings is 1. The number of carbonyl (C=O) groups excluding carboxylic acids is 1. The topological polar surface area (TPSA) is 51.2 Å². The van der Waals surface area contributed by atoms with Gasteiger partial charge in [-0.3, -0.25) is 4.79 Å². The molecule has 6 nitrogen and oxygen atoms in total. The zero-order chi connectivity index (χ0) is 18.8. The van der Waals surface area contributed by atoms with Gasteiger partial charge in [-0.05, 0) is 31.2 Å². The van der Waals surface area contributed by atoms with Crippen LogP contribution in [0, 0.1) is 0 Å². The molecular weight excluding hydrogens is 344 g/mol. The van der Waals surface area contributed by atoms with E-state index in [0.717, 1.165) is 24.5 Å². The van der Waals surface area contributed by atoms with E-state index in [1.807, 2.05) is 54.3 Å². The molecule has 0 N–H and O–H groups in total. The summed E-state index contributed by atoms with van der Waals surface area (Å²) in [6, 6.07) is 15.5. The Labute approximate surface area is 159 Å². The molecule has 0 radical (unpaired) electrons. The number of rotatable bonds is 3. The van der Waals surface area contributed by atoms with Gasteiger partial charge in [-0.1, -0.05) is 18.2 Å². The molecule has 0 bridgehead atoms. The van der Waals surface area contributed by atoms with Gasteiger partial charge in [0.2, 0.25) is 6.10 Å². The maximum Gasteiger partial charge on any atom is 0.267 e. The van der Waals surface area contributed by atoms with Gasteiger partial charge in [-0.2, -0.15) is 0 Å². The Morgan fingerprint density at radius 1 is 1.00 bits per heavy atom. The first-order valence-corrected chi connectivity index (χ1v) is 9.26. The number of methoxy groups -OCH3 is 1. The third-order valence-electron chi connectivity index (χ3n) is 5.10. The minimum atomic E-state index is -0.608. The second-order valence-corrected chi connectivity index (χ2v) is 6.82. The monoisotopic (exact) mass is 368 g/mol. The molecule has 2 aliphatic rings. The number of benzene rings is 2. The van der Waals surface area contributed by atoms with E-state index in [0.29, 0.717) is 24.6 Å². The zero-order valence-electron chi connectivity index (χ0n) is 15.6. The van der Waals surface area contributed by atoms with Crippen molar-refractivity contribution in [1.29, 1.82) is 0 Å². The molecule has 0 saturated carbocycles. The van der Waals surface area contributed by atoms with Crippen LogP contribution < -0.4 is 19.1 Å². The van der Waals surface area contributed by atoms with Crippen molar-refractivity contribution in [2.75, 3.05) is 38.2 Å². The molecule has 2 unspecified atom stereocenters. The van der Waals surface area contributed by atoms with Crippen molar-refractivity contribution in [3.8, 4) is 17.2 Å². The summed E-state index contributed by atoms with van der Waals surface area (Å²) in [5.41, 5.74) is 1.11. The Morgan fingerprint density at radius 2 is 1.70 bits per heavy atom. The summed E-state index contributed by atoms with van der Waals surface area (Å²) in [5, 5.41) is 0. The Balaban J connectivity index is 1.40. The lowest BCUT2D eigenvalue weighted by Crippen LogP contribution is -2.56. The molecule has 6 heteroatoms. The van der Waals surface area contributed by atoms with Crippen LogP contribution in [0.4, 0.5) is 5.69 Å². The lowest BCUT2D eigenvalue weighted by atomic mass is 10.1. The molecule has 2 aromatic rings.